The third-order valence-electron chi connectivity index (χ3n) is 5.49. The lowest BCUT2D eigenvalue weighted by Gasteiger charge is -2.35. The maximum atomic E-state index is 12.1. The Hall–Kier alpha value is -2.37. The summed E-state index contributed by atoms with van der Waals surface area (Å²) in [6.07, 6.45) is 0.905. The summed E-state index contributed by atoms with van der Waals surface area (Å²) in [4.78, 5) is 14.5. The van der Waals surface area contributed by atoms with Gasteiger partial charge in [0.25, 0.3) is 0 Å². The predicted molar refractivity (Wildman–Crippen MR) is 120 cm³/mol. The summed E-state index contributed by atoms with van der Waals surface area (Å²) in [5, 5.41) is 2.97. The van der Waals surface area contributed by atoms with Crippen molar-refractivity contribution in [3.8, 4) is 5.75 Å². The number of carbonyl (C=O) groups excluding carboxylic acids is 1. The standard InChI is InChI=1S/C25H34N2O3/c1-18-5-10-24(13-19(18)2)29-12-11-25(28)26-14-22-6-8-23(9-7-22)17-27-15-20(3)30-21(4)16-27/h5-10,13,20-21H,11-12,14-17H2,1-4H3,(H,26,28)/t20-,21-/m1/s1. The number of aryl methyl sites for hydroxylation is 2. The Labute approximate surface area is 180 Å². The molecule has 1 fully saturated rings. The van der Waals surface area contributed by atoms with Crippen LogP contribution in [0.2, 0.25) is 0 Å². The Morgan fingerprint density at radius 2 is 1.70 bits per heavy atom. The fraction of sp³-hybridized carbons (Fsp3) is 0.480. The molecule has 2 aromatic rings. The van der Waals surface area contributed by atoms with Crippen molar-refractivity contribution in [2.75, 3.05) is 19.7 Å². The van der Waals surface area contributed by atoms with Crippen LogP contribution in [0.4, 0.5) is 0 Å². The highest BCUT2D eigenvalue weighted by Gasteiger charge is 2.21. The molecule has 162 valence electrons. The van der Waals surface area contributed by atoms with E-state index in [2.05, 4.69) is 62.2 Å². The number of amides is 1. The van der Waals surface area contributed by atoms with E-state index in [9.17, 15) is 4.79 Å². The largest absolute Gasteiger partial charge is 0.493 e. The smallest absolute Gasteiger partial charge is 0.223 e. The number of benzene rings is 2. The zero-order chi connectivity index (χ0) is 21.5. The molecule has 5 nitrogen and oxygen atoms in total. The first-order valence-corrected chi connectivity index (χ1v) is 10.8. The molecule has 0 radical (unpaired) electrons. The lowest BCUT2D eigenvalue weighted by atomic mass is 10.1. The highest BCUT2D eigenvalue weighted by atomic mass is 16.5. The molecule has 2 atom stereocenters. The van der Waals surface area contributed by atoms with Crippen LogP contribution in [0.1, 0.15) is 42.5 Å². The Morgan fingerprint density at radius 1 is 1.03 bits per heavy atom. The minimum absolute atomic E-state index is 0.000739. The molecule has 0 aromatic heterocycles. The Kier molecular flexibility index (Phi) is 7.88. The molecule has 1 heterocycles. The number of nitrogens with zero attached hydrogens (tertiary/aromatic N) is 1. The Balaban J connectivity index is 1.38. The molecule has 0 spiro atoms. The average Bonchev–Trinajstić information content (AvgIpc) is 2.69. The van der Waals surface area contributed by atoms with Gasteiger partial charge in [0.1, 0.15) is 5.75 Å². The van der Waals surface area contributed by atoms with Gasteiger partial charge in [0, 0.05) is 26.2 Å². The van der Waals surface area contributed by atoms with Crippen LogP contribution in [0.25, 0.3) is 0 Å². The van der Waals surface area contributed by atoms with E-state index in [0.29, 0.717) is 19.6 Å². The predicted octanol–water partition coefficient (Wildman–Crippen LogP) is 4.00. The van der Waals surface area contributed by atoms with Crippen molar-refractivity contribution in [3.63, 3.8) is 0 Å². The lowest BCUT2D eigenvalue weighted by molar-refractivity contribution is -0.121. The van der Waals surface area contributed by atoms with E-state index in [1.165, 1.54) is 16.7 Å². The van der Waals surface area contributed by atoms with Crippen LogP contribution in [0, 0.1) is 13.8 Å². The highest BCUT2D eigenvalue weighted by molar-refractivity contribution is 5.76. The summed E-state index contributed by atoms with van der Waals surface area (Å²) in [6, 6.07) is 14.5. The highest BCUT2D eigenvalue weighted by Crippen LogP contribution is 2.17. The number of nitrogens with one attached hydrogen (secondary N) is 1. The molecule has 1 aliphatic heterocycles. The second-order valence-electron chi connectivity index (χ2n) is 8.39. The van der Waals surface area contributed by atoms with E-state index in [4.69, 9.17) is 9.47 Å². The molecule has 1 N–H and O–H groups in total. The summed E-state index contributed by atoms with van der Waals surface area (Å²) < 4.78 is 11.5. The van der Waals surface area contributed by atoms with Crippen LogP contribution in [-0.4, -0.2) is 42.7 Å². The molecule has 1 aliphatic rings. The summed E-state index contributed by atoms with van der Waals surface area (Å²) in [5.41, 5.74) is 4.82. The number of carbonyl (C=O) groups is 1. The summed E-state index contributed by atoms with van der Waals surface area (Å²) in [5.74, 6) is 0.810. The van der Waals surface area contributed by atoms with Crippen molar-refractivity contribution in [3.05, 3.63) is 64.7 Å². The molecular formula is C25H34N2O3. The fourth-order valence-electron chi connectivity index (χ4n) is 3.79. The summed E-state index contributed by atoms with van der Waals surface area (Å²) >= 11 is 0. The zero-order valence-corrected chi connectivity index (χ0v) is 18.6. The van der Waals surface area contributed by atoms with E-state index < -0.39 is 0 Å². The van der Waals surface area contributed by atoms with Gasteiger partial charge >= 0.3 is 0 Å². The monoisotopic (exact) mass is 410 g/mol. The first-order chi connectivity index (χ1) is 14.4. The molecular weight excluding hydrogens is 376 g/mol. The molecule has 30 heavy (non-hydrogen) atoms. The van der Waals surface area contributed by atoms with Crippen molar-refractivity contribution in [2.45, 2.75) is 59.4 Å². The van der Waals surface area contributed by atoms with Crippen LogP contribution in [0.15, 0.2) is 42.5 Å². The van der Waals surface area contributed by atoms with Crippen LogP contribution < -0.4 is 10.1 Å². The van der Waals surface area contributed by atoms with Crippen LogP contribution in [-0.2, 0) is 22.6 Å². The zero-order valence-electron chi connectivity index (χ0n) is 18.6. The molecule has 1 saturated heterocycles. The number of hydrogen-bond acceptors (Lipinski definition) is 4. The molecule has 0 bridgehead atoms. The SMILES string of the molecule is Cc1ccc(OCCC(=O)NCc2ccc(CN3C[C@@H](C)O[C@H](C)C3)cc2)cc1C. The van der Waals surface area contributed by atoms with E-state index in [0.717, 1.165) is 30.9 Å². The van der Waals surface area contributed by atoms with Gasteiger partial charge in [0.15, 0.2) is 0 Å². The lowest BCUT2D eigenvalue weighted by Crippen LogP contribution is -2.44. The first kappa shape index (κ1) is 22.3. The molecule has 5 heteroatoms. The minimum atomic E-state index is -0.000739. The quantitative estimate of drug-likeness (QED) is 0.715. The Morgan fingerprint density at radius 3 is 2.37 bits per heavy atom. The second kappa shape index (κ2) is 10.6. The molecule has 0 unspecified atom stereocenters. The van der Waals surface area contributed by atoms with Crippen LogP contribution in [0.5, 0.6) is 5.75 Å². The third kappa shape index (κ3) is 6.85. The van der Waals surface area contributed by atoms with E-state index in [1.54, 1.807) is 0 Å². The van der Waals surface area contributed by atoms with E-state index >= 15 is 0 Å². The van der Waals surface area contributed by atoms with E-state index in [1.807, 2.05) is 18.2 Å². The van der Waals surface area contributed by atoms with Gasteiger partial charge in [-0.05, 0) is 62.1 Å². The second-order valence-corrected chi connectivity index (χ2v) is 8.39. The summed E-state index contributed by atoms with van der Waals surface area (Å²) in [6.45, 7) is 12.2. The first-order valence-electron chi connectivity index (χ1n) is 10.8. The van der Waals surface area contributed by atoms with Gasteiger partial charge in [-0.25, -0.2) is 0 Å². The van der Waals surface area contributed by atoms with Gasteiger partial charge in [-0.2, -0.15) is 0 Å². The number of rotatable bonds is 8. The van der Waals surface area contributed by atoms with Gasteiger partial charge in [-0.15, -0.1) is 0 Å². The maximum Gasteiger partial charge on any atom is 0.223 e. The van der Waals surface area contributed by atoms with Crippen LogP contribution in [0.3, 0.4) is 0 Å². The number of morpholine rings is 1. The maximum absolute atomic E-state index is 12.1. The van der Waals surface area contributed by atoms with E-state index in [-0.39, 0.29) is 18.1 Å². The number of ether oxygens (including phenoxy) is 2. The van der Waals surface area contributed by atoms with Crippen molar-refractivity contribution in [2.24, 2.45) is 0 Å². The molecule has 0 aliphatic carbocycles. The minimum Gasteiger partial charge on any atom is -0.493 e. The van der Waals surface area contributed by atoms with Gasteiger partial charge in [-0.1, -0.05) is 30.3 Å². The molecule has 0 saturated carbocycles. The Bertz CT molecular complexity index is 825. The van der Waals surface area contributed by atoms with Crippen molar-refractivity contribution < 1.29 is 14.3 Å². The van der Waals surface area contributed by atoms with Gasteiger partial charge in [0.05, 0.1) is 25.2 Å². The van der Waals surface area contributed by atoms with Crippen molar-refractivity contribution >= 4 is 5.91 Å². The average molecular weight is 411 g/mol. The van der Waals surface area contributed by atoms with Gasteiger partial charge in [0.2, 0.25) is 5.91 Å². The van der Waals surface area contributed by atoms with Crippen molar-refractivity contribution in [1.82, 2.24) is 10.2 Å². The molecule has 2 aromatic carbocycles. The fourth-order valence-corrected chi connectivity index (χ4v) is 3.79. The topological polar surface area (TPSA) is 50.8 Å². The molecule has 3 rings (SSSR count). The van der Waals surface area contributed by atoms with Gasteiger partial charge in [-0.3, -0.25) is 9.69 Å². The molecule has 1 amide bonds. The third-order valence-corrected chi connectivity index (χ3v) is 5.49. The van der Waals surface area contributed by atoms with Crippen molar-refractivity contribution in [1.29, 1.82) is 0 Å². The van der Waals surface area contributed by atoms with Crippen LogP contribution >= 0.6 is 0 Å². The number of hydrogen-bond donors (Lipinski definition) is 1. The summed E-state index contributed by atoms with van der Waals surface area (Å²) in [7, 11) is 0. The normalized spacial score (nSPS) is 19.5. The van der Waals surface area contributed by atoms with Gasteiger partial charge < -0.3 is 14.8 Å².